The summed E-state index contributed by atoms with van der Waals surface area (Å²) in [5, 5.41) is 8.55. The fourth-order valence-electron chi connectivity index (χ4n) is 3.25. The third-order valence-electron chi connectivity index (χ3n) is 5.04. The minimum atomic E-state index is -0.160. The predicted octanol–water partition coefficient (Wildman–Crippen LogP) is 6.78. The summed E-state index contributed by atoms with van der Waals surface area (Å²) < 4.78 is 0. The summed E-state index contributed by atoms with van der Waals surface area (Å²) in [6.45, 7) is 1.87. The molecule has 4 nitrogen and oxygen atoms in total. The van der Waals surface area contributed by atoms with Gasteiger partial charge in [0.2, 0.25) is 5.91 Å². The molecule has 160 valence electrons. The number of nitrogens with one attached hydrogen (secondary N) is 2. The topological polar surface area (TPSA) is 58.2 Å². The first-order valence-electron chi connectivity index (χ1n) is 10.1. The van der Waals surface area contributed by atoms with E-state index in [2.05, 4.69) is 10.6 Å². The number of halogens is 1. The fourth-order valence-corrected chi connectivity index (χ4v) is 4.12. The number of benzene rings is 4. The standard InChI is InChI=1S/C26H21ClN2O2S/c1-17-23(27)7-4-8-24(17)29-25(30)16-32-22-13-11-21(12-14-22)28-26(31)20-10-9-18-5-2-3-6-19(18)15-20/h2-15H,16H2,1H3,(H,28,31)(H,29,30). The number of anilines is 2. The molecule has 0 aromatic heterocycles. The number of hydrogen-bond acceptors (Lipinski definition) is 3. The third kappa shape index (κ3) is 5.31. The quantitative estimate of drug-likeness (QED) is 0.311. The van der Waals surface area contributed by atoms with Gasteiger partial charge >= 0.3 is 0 Å². The Hall–Kier alpha value is -3.28. The summed E-state index contributed by atoms with van der Waals surface area (Å²) in [4.78, 5) is 25.8. The van der Waals surface area contributed by atoms with E-state index in [1.807, 2.05) is 85.8 Å². The smallest absolute Gasteiger partial charge is 0.255 e. The SMILES string of the molecule is Cc1c(Cl)cccc1NC(=O)CSc1ccc(NC(=O)c2ccc3ccccc3c2)cc1. The highest BCUT2D eigenvalue weighted by Crippen LogP contribution is 2.25. The lowest BCUT2D eigenvalue weighted by Gasteiger charge is -2.10. The molecule has 2 N–H and O–H groups in total. The molecule has 2 amide bonds. The van der Waals surface area contributed by atoms with Gasteiger partial charge in [-0.15, -0.1) is 11.8 Å². The van der Waals surface area contributed by atoms with Crippen LogP contribution in [-0.2, 0) is 4.79 Å². The van der Waals surface area contributed by atoms with E-state index >= 15 is 0 Å². The summed E-state index contributed by atoms with van der Waals surface area (Å²) in [6.07, 6.45) is 0. The van der Waals surface area contributed by atoms with Crippen LogP contribution in [-0.4, -0.2) is 17.6 Å². The molecule has 0 aliphatic carbocycles. The normalized spacial score (nSPS) is 10.7. The van der Waals surface area contributed by atoms with Gasteiger partial charge in [-0.1, -0.05) is 48.0 Å². The zero-order valence-corrected chi connectivity index (χ0v) is 19.0. The number of rotatable bonds is 6. The Labute approximate surface area is 196 Å². The molecule has 4 rings (SSSR count). The predicted molar refractivity (Wildman–Crippen MR) is 134 cm³/mol. The lowest BCUT2D eigenvalue weighted by atomic mass is 10.1. The number of amides is 2. The van der Waals surface area contributed by atoms with E-state index in [1.165, 1.54) is 11.8 Å². The van der Waals surface area contributed by atoms with Crippen LogP contribution < -0.4 is 10.6 Å². The average molecular weight is 461 g/mol. The minimum Gasteiger partial charge on any atom is -0.325 e. The van der Waals surface area contributed by atoms with Crippen molar-refractivity contribution in [3.05, 3.63) is 101 Å². The molecule has 0 heterocycles. The Morgan fingerprint density at radius 3 is 2.38 bits per heavy atom. The van der Waals surface area contributed by atoms with Crippen molar-refractivity contribution in [1.29, 1.82) is 0 Å². The van der Waals surface area contributed by atoms with Crippen LogP contribution >= 0.6 is 23.4 Å². The Balaban J connectivity index is 1.33. The van der Waals surface area contributed by atoms with Gasteiger partial charge in [-0.2, -0.15) is 0 Å². The first-order valence-corrected chi connectivity index (χ1v) is 11.4. The van der Waals surface area contributed by atoms with Crippen LogP contribution in [0, 0.1) is 6.92 Å². The molecule has 32 heavy (non-hydrogen) atoms. The molecule has 4 aromatic rings. The zero-order valence-electron chi connectivity index (χ0n) is 17.4. The number of thioether (sulfide) groups is 1. The number of fused-ring (bicyclic) bond motifs is 1. The lowest BCUT2D eigenvalue weighted by Crippen LogP contribution is -2.14. The van der Waals surface area contributed by atoms with Crippen molar-refractivity contribution in [3.63, 3.8) is 0 Å². The van der Waals surface area contributed by atoms with Gasteiger partial charge in [-0.05, 0) is 71.8 Å². The van der Waals surface area contributed by atoms with E-state index in [1.54, 1.807) is 6.07 Å². The average Bonchev–Trinajstić information content (AvgIpc) is 2.81. The summed E-state index contributed by atoms with van der Waals surface area (Å²) >= 11 is 7.52. The molecular weight excluding hydrogens is 440 g/mol. The molecule has 0 saturated carbocycles. The zero-order chi connectivity index (χ0) is 22.5. The second-order valence-electron chi connectivity index (χ2n) is 7.29. The fraction of sp³-hybridized carbons (Fsp3) is 0.0769. The number of carbonyl (C=O) groups excluding carboxylic acids is 2. The van der Waals surface area contributed by atoms with Crippen molar-refractivity contribution in [2.75, 3.05) is 16.4 Å². The van der Waals surface area contributed by atoms with E-state index in [-0.39, 0.29) is 17.6 Å². The molecule has 0 aliphatic heterocycles. The first-order chi connectivity index (χ1) is 15.5. The van der Waals surface area contributed by atoms with Gasteiger partial charge in [-0.25, -0.2) is 0 Å². The van der Waals surface area contributed by atoms with Crippen molar-refractivity contribution in [2.24, 2.45) is 0 Å². The van der Waals surface area contributed by atoms with Crippen LogP contribution in [0.4, 0.5) is 11.4 Å². The molecule has 0 radical (unpaired) electrons. The molecule has 4 aromatic carbocycles. The van der Waals surface area contributed by atoms with Crippen LogP contribution in [0.1, 0.15) is 15.9 Å². The van der Waals surface area contributed by atoms with E-state index in [4.69, 9.17) is 11.6 Å². The highest BCUT2D eigenvalue weighted by molar-refractivity contribution is 8.00. The Morgan fingerprint density at radius 2 is 1.59 bits per heavy atom. The van der Waals surface area contributed by atoms with Crippen molar-refractivity contribution >= 4 is 57.3 Å². The summed E-state index contributed by atoms with van der Waals surface area (Å²) in [5.74, 6) is 0.0100. The van der Waals surface area contributed by atoms with Crippen LogP contribution in [0.5, 0.6) is 0 Å². The summed E-state index contributed by atoms with van der Waals surface area (Å²) in [6, 6.07) is 26.5. The molecule has 6 heteroatoms. The molecule has 0 unspecified atom stereocenters. The third-order valence-corrected chi connectivity index (χ3v) is 6.46. The largest absolute Gasteiger partial charge is 0.325 e. The van der Waals surface area contributed by atoms with Crippen LogP contribution in [0.15, 0.2) is 89.8 Å². The Kier molecular flexibility index (Phi) is 6.78. The first kappa shape index (κ1) is 21.9. The summed E-state index contributed by atoms with van der Waals surface area (Å²) in [5.41, 5.74) is 2.87. The molecule has 0 atom stereocenters. The van der Waals surface area contributed by atoms with Gasteiger partial charge in [0.05, 0.1) is 5.75 Å². The van der Waals surface area contributed by atoms with Crippen molar-refractivity contribution < 1.29 is 9.59 Å². The maximum Gasteiger partial charge on any atom is 0.255 e. The molecular formula is C26H21ClN2O2S. The van der Waals surface area contributed by atoms with E-state index < -0.39 is 0 Å². The maximum absolute atomic E-state index is 12.6. The van der Waals surface area contributed by atoms with Gasteiger partial charge in [0.15, 0.2) is 0 Å². The Bertz CT molecular complexity index is 1290. The number of hydrogen-bond donors (Lipinski definition) is 2. The molecule has 0 aliphatic rings. The monoisotopic (exact) mass is 460 g/mol. The minimum absolute atomic E-state index is 0.103. The van der Waals surface area contributed by atoms with Crippen LogP contribution in [0.3, 0.4) is 0 Å². The van der Waals surface area contributed by atoms with E-state index in [0.717, 1.165) is 26.9 Å². The van der Waals surface area contributed by atoms with Crippen molar-refractivity contribution in [2.45, 2.75) is 11.8 Å². The molecule has 0 bridgehead atoms. The highest BCUT2D eigenvalue weighted by atomic mass is 35.5. The van der Waals surface area contributed by atoms with Gasteiger partial charge < -0.3 is 10.6 Å². The van der Waals surface area contributed by atoms with E-state index in [0.29, 0.717) is 16.3 Å². The lowest BCUT2D eigenvalue weighted by molar-refractivity contribution is -0.113. The molecule has 0 saturated heterocycles. The highest BCUT2D eigenvalue weighted by Gasteiger charge is 2.09. The maximum atomic E-state index is 12.6. The van der Waals surface area contributed by atoms with Crippen LogP contribution in [0.25, 0.3) is 10.8 Å². The van der Waals surface area contributed by atoms with Crippen molar-refractivity contribution in [1.82, 2.24) is 0 Å². The Morgan fingerprint density at radius 1 is 0.844 bits per heavy atom. The second-order valence-corrected chi connectivity index (χ2v) is 8.75. The van der Waals surface area contributed by atoms with E-state index in [9.17, 15) is 9.59 Å². The summed E-state index contributed by atoms with van der Waals surface area (Å²) in [7, 11) is 0. The number of carbonyl (C=O) groups is 2. The van der Waals surface area contributed by atoms with Gasteiger partial charge in [0.25, 0.3) is 5.91 Å². The molecule has 0 fully saturated rings. The van der Waals surface area contributed by atoms with Gasteiger partial charge in [0.1, 0.15) is 0 Å². The second kappa shape index (κ2) is 9.90. The van der Waals surface area contributed by atoms with Crippen molar-refractivity contribution in [3.8, 4) is 0 Å². The van der Waals surface area contributed by atoms with Gasteiger partial charge in [-0.3, -0.25) is 9.59 Å². The van der Waals surface area contributed by atoms with Crippen LogP contribution in [0.2, 0.25) is 5.02 Å². The molecule has 0 spiro atoms. The van der Waals surface area contributed by atoms with Gasteiger partial charge in [0, 0.05) is 26.9 Å².